The number of anilines is 1. The van der Waals surface area contributed by atoms with E-state index in [1.807, 2.05) is 19.1 Å². The van der Waals surface area contributed by atoms with Gasteiger partial charge in [-0.2, -0.15) is 4.98 Å². The summed E-state index contributed by atoms with van der Waals surface area (Å²) in [4.78, 5) is 38.5. The highest BCUT2D eigenvalue weighted by atomic mass is 32.1. The topological polar surface area (TPSA) is 134 Å². The first-order valence-electron chi connectivity index (χ1n) is 13.2. The summed E-state index contributed by atoms with van der Waals surface area (Å²) >= 11 is 1.16. The molecule has 1 fully saturated rings. The maximum absolute atomic E-state index is 15.2. The monoisotopic (exact) mass is 611 g/mol. The van der Waals surface area contributed by atoms with Gasteiger partial charge in [0.05, 0.1) is 48.8 Å². The van der Waals surface area contributed by atoms with Crippen molar-refractivity contribution >= 4 is 44.5 Å². The number of aryl methyl sites for hydroxylation is 2. The second-order valence-electron chi connectivity index (χ2n) is 10.1. The Morgan fingerprint density at radius 1 is 1.02 bits per heavy atom. The van der Waals surface area contributed by atoms with E-state index >= 15 is 4.39 Å². The standard InChI is InChI=1S/C28H24F3N7O4S/c1-13-6-16(23-18(7-13)36-22(40-3)12-34-23)25-37-19-8-17(29)24(38-26(19)43-25)41-21-9-28(30,31)5-4-20(21)42-27(39)35-15-10-32-14(2)33-11-15/h6-8,10-12,20-21H,4-5,9H2,1-3H3,(H,35,39)/t20-,21+/m0/s1. The number of rotatable bonds is 6. The fraction of sp³-hybridized carbons (Fsp3) is 0.321. The molecule has 0 radical (unpaired) electrons. The molecule has 1 amide bonds. The first kappa shape index (κ1) is 28.5. The molecule has 11 nitrogen and oxygen atoms in total. The molecular formula is C28H24F3N7O4S. The van der Waals surface area contributed by atoms with E-state index in [0.717, 1.165) is 23.0 Å². The normalized spacial score (nSPS) is 18.0. The van der Waals surface area contributed by atoms with E-state index in [0.29, 0.717) is 38.1 Å². The second kappa shape index (κ2) is 11.2. The molecule has 1 aliphatic rings. The first-order valence-corrected chi connectivity index (χ1v) is 14.0. The zero-order chi connectivity index (χ0) is 30.3. The zero-order valence-electron chi connectivity index (χ0n) is 23.1. The van der Waals surface area contributed by atoms with Crippen LogP contribution >= 0.6 is 11.3 Å². The van der Waals surface area contributed by atoms with Crippen LogP contribution in [0.5, 0.6) is 11.8 Å². The minimum Gasteiger partial charge on any atom is -0.480 e. The van der Waals surface area contributed by atoms with E-state index in [1.165, 1.54) is 25.7 Å². The molecule has 1 aliphatic carbocycles. The molecule has 0 spiro atoms. The smallest absolute Gasteiger partial charge is 0.412 e. The molecule has 1 aromatic carbocycles. The molecule has 15 heteroatoms. The Morgan fingerprint density at radius 3 is 2.58 bits per heavy atom. The van der Waals surface area contributed by atoms with E-state index in [4.69, 9.17) is 14.2 Å². The number of carbonyl (C=O) groups is 1. The van der Waals surface area contributed by atoms with Crippen LogP contribution in [0.4, 0.5) is 23.7 Å². The van der Waals surface area contributed by atoms with Gasteiger partial charge in [-0.15, -0.1) is 0 Å². The van der Waals surface area contributed by atoms with E-state index in [-0.39, 0.29) is 17.6 Å². The SMILES string of the molecule is COc1cnc2c(-c3nc4cc(F)c(O[C@@H]5CC(F)(F)CC[C@@H]5OC(=O)Nc5cnc(C)nc5)nc4s3)cc(C)cc2n1. The predicted octanol–water partition coefficient (Wildman–Crippen LogP) is 6.04. The molecule has 0 saturated heterocycles. The molecule has 43 heavy (non-hydrogen) atoms. The van der Waals surface area contributed by atoms with Gasteiger partial charge < -0.3 is 14.2 Å². The van der Waals surface area contributed by atoms with Gasteiger partial charge in [0.2, 0.25) is 5.88 Å². The van der Waals surface area contributed by atoms with Crippen molar-refractivity contribution in [3.05, 3.63) is 54.0 Å². The van der Waals surface area contributed by atoms with Crippen LogP contribution in [0.1, 0.15) is 30.7 Å². The summed E-state index contributed by atoms with van der Waals surface area (Å²) in [6.45, 7) is 3.58. The quantitative estimate of drug-likeness (QED) is 0.242. The van der Waals surface area contributed by atoms with Gasteiger partial charge in [-0.1, -0.05) is 11.3 Å². The van der Waals surface area contributed by atoms with Crippen LogP contribution in [0, 0.1) is 19.7 Å². The Hall–Kier alpha value is -4.66. The number of ether oxygens (including phenoxy) is 3. The van der Waals surface area contributed by atoms with Crippen molar-refractivity contribution < 1.29 is 32.2 Å². The summed E-state index contributed by atoms with van der Waals surface area (Å²) in [6, 6.07) is 4.87. The Morgan fingerprint density at radius 2 is 1.81 bits per heavy atom. The zero-order valence-corrected chi connectivity index (χ0v) is 23.9. The largest absolute Gasteiger partial charge is 0.480 e. The Bertz CT molecular complexity index is 1840. The molecule has 222 valence electrons. The molecule has 0 bridgehead atoms. The third-order valence-electron chi connectivity index (χ3n) is 6.77. The number of thiazole rings is 1. The van der Waals surface area contributed by atoms with E-state index in [2.05, 4.69) is 35.2 Å². The van der Waals surface area contributed by atoms with E-state index in [1.54, 1.807) is 6.92 Å². The minimum absolute atomic E-state index is 0.198. The van der Waals surface area contributed by atoms with E-state index in [9.17, 15) is 13.6 Å². The molecular weight excluding hydrogens is 587 g/mol. The third kappa shape index (κ3) is 6.11. The van der Waals surface area contributed by atoms with Crippen molar-refractivity contribution in [3.63, 3.8) is 0 Å². The average molecular weight is 612 g/mol. The fourth-order valence-corrected chi connectivity index (χ4v) is 5.67. The summed E-state index contributed by atoms with van der Waals surface area (Å²) in [7, 11) is 1.50. The number of hydrogen-bond acceptors (Lipinski definition) is 11. The lowest BCUT2D eigenvalue weighted by Gasteiger charge is -2.35. The number of carbonyl (C=O) groups excluding carboxylic acids is 1. The fourth-order valence-electron chi connectivity index (χ4n) is 4.74. The number of aromatic nitrogens is 6. The van der Waals surface area contributed by atoms with Crippen LogP contribution in [-0.4, -0.2) is 61.2 Å². The second-order valence-corrected chi connectivity index (χ2v) is 11.0. The van der Waals surface area contributed by atoms with Gasteiger partial charge in [0, 0.05) is 18.1 Å². The van der Waals surface area contributed by atoms with Crippen LogP contribution in [-0.2, 0) is 4.74 Å². The third-order valence-corrected chi connectivity index (χ3v) is 7.77. The van der Waals surface area contributed by atoms with Gasteiger partial charge in [0.15, 0.2) is 5.82 Å². The van der Waals surface area contributed by atoms with E-state index < -0.39 is 48.8 Å². The number of hydrogen-bond donors (Lipinski definition) is 1. The van der Waals surface area contributed by atoms with Crippen LogP contribution in [0.15, 0.2) is 36.8 Å². The van der Waals surface area contributed by atoms with Crippen LogP contribution < -0.4 is 14.8 Å². The van der Waals surface area contributed by atoms with Gasteiger partial charge in [0.1, 0.15) is 33.4 Å². The lowest BCUT2D eigenvalue weighted by atomic mass is 9.91. The van der Waals surface area contributed by atoms with Crippen molar-refractivity contribution in [3.8, 4) is 22.3 Å². The van der Waals surface area contributed by atoms with Gasteiger partial charge in [-0.25, -0.2) is 42.9 Å². The molecule has 0 unspecified atom stereocenters. The summed E-state index contributed by atoms with van der Waals surface area (Å²) in [5, 5.41) is 2.97. The number of fused-ring (bicyclic) bond motifs is 2. The van der Waals surface area contributed by atoms with Crippen molar-refractivity contribution in [2.24, 2.45) is 0 Å². The van der Waals surface area contributed by atoms with Crippen molar-refractivity contribution in [1.29, 1.82) is 0 Å². The molecule has 6 rings (SSSR count). The van der Waals surface area contributed by atoms with Crippen LogP contribution in [0.25, 0.3) is 32.0 Å². The average Bonchev–Trinajstić information content (AvgIpc) is 3.37. The Balaban J connectivity index is 1.27. The molecule has 5 aromatic rings. The van der Waals surface area contributed by atoms with Gasteiger partial charge in [-0.05, 0) is 38.0 Å². The number of pyridine rings is 1. The highest BCUT2D eigenvalue weighted by Gasteiger charge is 2.45. The predicted molar refractivity (Wildman–Crippen MR) is 151 cm³/mol. The maximum atomic E-state index is 15.2. The van der Waals surface area contributed by atoms with Crippen molar-refractivity contribution in [1.82, 2.24) is 29.9 Å². The van der Waals surface area contributed by atoms with Crippen LogP contribution in [0.3, 0.4) is 0 Å². The van der Waals surface area contributed by atoms with Crippen LogP contribution in [0.2, 0.25) is 0 Å². The molecule has 0 aliphatic heterocycles. The van der Waals surface area contributed by atoms with Gasteiger partial charge in [-0.3, -0.25) is 5.32 Å². The van der Waals surface area contributed by atoms with Crippen molar-refractivity contribution in [2.75, 3.05) is 12.4 Å². The molecule has 1 saturated carbocycles. The highest BCUT2D eigenvalue weighted by molar-refractivity contribution is 7.21. The van der Waals surface area contributed by atoms with Gasteiger partial charge in [0.25, 0.3) is 11.8 Å². The van der Waals surface area contributed by atoms with Gasteiger partial charge >= 0.3 is 6.09 Å². The molecule has 1 N–H and O–H groups in total. The minimum atomic E-state index is -3.10. The number of methoxy groups -OCH3 is 1. The molecule has 4 aromatic heterocycles. The summed E-state index contributed by atoms with van der Waals surface area (Å²) in [5.74, 6) is -3.62. The summed E-state index contributed by atoms with van der Waals surface area (Å²) in [6.07, 6.45) is -0.606. The number of amides is 1. The number of alkyl halides is 2. The maximum Gasteiger partial charge on any atom is 0.412 e. The Kier molecular flexibility index (Phi) is 7.42. The highest BCUT2D eigenvalue weighted by Crippen LogP contribution is 2.39. The summed E-state index contributed by atoms with van der Waals surface area (Å²) < 4.78 is 60.3. The first-order chi connectivity index (χ1) is 20.6. The number of halogens is 3. The molecule has 2 atom stereocenters. The number of benzene rings is 1. The lowest BCUT2D eigenvalue weighted by molar-refractivity contribution is -0.115. The van der Waals surface area contributed by atoms with Crippen molar-refractivity contribution in [2.45, 2.75) is 51.2 Å². The number of nitrogens with zero attached hydrogens (tertiary/aromatic N) is 6. The lowest BCUT2D eigenvalue weighted by Crippen LogP contribution is -2.46. The number of nitrogens with one attached hydrogen (secondary N) is 1. The summed E-state index contributed by atoms with van der Waals surface area (Å²) in [5.41, 5.74) is 3.25. The molecule has 4 heterocycles. The Labute approximate surface area is 246 Å².